The fourth-order valence-corrected chi connectivity index (χ4v) is 4.26. The molecule has 0 spiro atoms. The Morgan fingerprint density at radius 2 is 2.24 bits per heavy atom. The van der Waals surface area contributed by atoms with E-state index in [2.05, 4.69) is 20.4 Å². The number of likely N-dealkylation sites (tertiary alicyclic amines) is 1. The van der Waals surface area contributed by atoms with Crippen LogP contribution in [-0.2, 0) is 4.79 Å². The molecular formula is C17H24F2N4OS. The number of anilines is 1. The molecule has 2 heterocycles. The summed E-state index contributed by atoms with van der Waals surface area (Å²) in [6.07, 6.45) is 1.86. The highest BCUT2D eigenvalue weighted by atomic mass is 32.2. The van der Waals surface area contributed by atoms with Crippen molar-refractivity contribution in [2.75, 3.05) is 45.6 Å². The van der Waals surface area contributed by atoms with Gasteiger partial charge in [0.2, 0.25) is 5.91 Å². The molecule has 1 saturated heterocycles. The molecule has 1 amide bonds. The number of amides is 1. The number of carbonyl (C=O) groups is 1. The van der Waals surface area contributed by atoms with Crippen molar-refractivity contribution in [3.05, 3.63) is 23.8 Å². The highest BCUT2D eigenvalue weighted by molar-refractivity contribution is 8.00. The average Bonchev–Trinajstić information content (AvgIpc) is 2.96. The van der Waals surface area contributed by atoms with Crippen LogP contribution in [0.1, 0.15) is 12.8 Å². The van der Waals surface area contributed by atoms with E-state index in [-0.39, 0.29) is 17.5 Å². The fraction of sp³-hybridized carbons (Fsp3) is 0.588. The molecule has 1 fully saturated rings. The van der Waals surface area contributed by atoms with Gasteiger partial charge in [-0.05, 0) is 39.5 Å². The van der Waals surface area contributed by atoms with E-state index in [0.29, 0.717) is 4.90 Å². The maximum absolute atomic E-state index is 13.8. The second-order valence-electron chi connectivity index (χ2n) is 6.85. The van der Waals surface area contributed by atoms with Gasteiger partial charge in [0.05, 0.1) is 11.6 Å². The van der Waals surface area contributed by atoms with Crippen molar-refractivity contribution in [3.63, 3.8) is 0 Å². The molecule has 25 heavy (non-hydrogen) atoms. The number of piperidine rings is 1. The Morgan fingerprint density at radius 3 is 3.00 bits per heavy atom. The molecule has 5 nitrogen and oxygen atoms in total. The minimum absolute atomic E-state index is 0.0340. The van der Waals surface area contributed by atoms with Crippen LogP contribution >= 0.6 is 11.8 Å². The summed E-state index contributed by atoms with van der Waals surface area (Å²) in [5.41, 5.74) is -0.205. The Bertz CT molecular complexity index is 643. The molecule has 2 aliphatic heterocycles. The van der Waals surface area contributed by atoms with E-state index in [0.717, 1.165) is 45.1 Å². The van der Waals surface area contributed by atoms with Crippen molar-refractivity contribution in [2.24, 2.45) is 5.92 Å². The van der Waals surface area contributed by atoms with Gasteiger partial charge in [-0.15, -0.1) is 0 Å². The summed E-state index contributed by atoms with van der Waals surface area (Å²) in [5, 5.41) is 5.83. The van der Waals surface area contributed by atoms with Crippen LogP contribution in [0.3, 0.4) is 0 Å². The van der Waals surface area contributed by atoms with E-state index >= 15 is 0 Å². The monoisotopic (exact) mass is 370 g/mol. The van der Waals surface area contributed by atoms with Crippen LogP contribution in [-0.4, -0.2) is 61.5 Å². The molecule has 0 radical (unpaired) electrons. The van der Waals surface area contributed by atoms with Gasteiger partial charge in [-0.25, -0.2) is 8.78 Å². The Hall–Kier alpha value is -1.38. The summed E-state index contributed by atoms with van der Waals surface area (Å²) >= 11 is 1.23. The third-order valence-corrected chi connectivity index (χ3v) is 5.60. The van der Waals surface area contributed by atoms with Crippen LogP contribution in [0.25, 0.3) is 0 Å². The van der Waals surface area contributed by atoms with E-state index in [4.69, 9.17) is 0 Å². The molecule has 138 valence electrons. The first-order valence-electron chi connectivity index (χ1n) is 8.52. The largest absolute Gasteiger partial charge is 0.353 e. The first kappa shape index (κ1) is 18.4. The molecular weight excluding hydrogens is 346 g/mol. The van der Waals surface area contributed by atoms with E-state index < -0.39 is 17.1 Å². The quantitative estimate of drug-likeness (QED) is 0.832. The van der Waals surface area contributed by atoms with Gasteiger partial charge < -0.3 is 20.4 Å². The van der Waals surface area contributed by atoms with Gasteiger partial charge in [0.15, 0.2) is 5.50 Å². The van der Waals surface area contributed by atoms with Gasteiger partial charge in [-0.3, -0.25) is 4.79 Å². The molecule has 2 N–H and O–H groups in total. The summed E-state index contributed by atoms with van der Waals surface area (Å²) in [6.45, 7) is 3.68. The number of likely N-dealkylation sites (N-methyl/N-ethyl adjacent to an activating group) is 1. The lowest BCUT2D eigenvalue weighted by Gasteiger charge is -2.33. The number of carbonyl (C=O) groups excluding carboxylic acids is 1. The highest BCUT2D eigenvalue weighted by Crippen LogP contribution is 2.39. The number of benzene rings is 1. The predicted molar refractivity (Wildman–Crippen MR) is 95.5 cm³/mol. The summed E-state index contributed by atoms with van der Waals surface area (Å²) in [7, 11) is 4.08. The Balaban J connectivity index is 1.53. The maximum atomic E-state index is 13.8. The van der Waals surface area contributed by atoms with Crippen LogP contribution in [0.15, 0.2) is 17.0 Å². The average molecular weight is 370 g/mol. The SMILES string of the molecule is CN(C)CCN1CCCC(C(=O)NC2Nc3c(F)cc(F)cc3S2)C1. The molecule has 0 bridgehead atoms. The van der Waals surface area contributed by atoms with Crippen molar-refractivity contribution >= 4 is 23.4 Å². The molecule has 8 heteroatoms. The molecule has 3 rings (SSSR count). The zero-order valence-electron chi connectivity index (χ0n) is 14.5. The number of hydrogen-bond acceptors (Lipinski definition) is 5. The zero-order valence-corrected chi connectivity index (χ0v) is 15.3. The number of hydrogen-bond donors (Lipinski definition) is 2. The van der Waals surface area contributed by atoms with Gasteiger partial charge in [-0.1, -0.05) is 11.8 Å². The highest BCUT2D eigenvalue weighted by Gasteiger charge is 2.31. The number of thioether (sulfide) groups is 1. The fourth-order valence-electron chi connectivity index (χ4n) is 3.20. The number of halogens is 2. The second kappa shape index (κ2) is 7.88. The van der Waals surface area contributed by atoms with Gasteiger partial charge in [0.1, 0.15) is 11.6 Å². The molecule has 0 saturated carbocycles. The van der Waals surface area contributed by atoms with Crippen molar-refractivity contribution in [1.29, 1.82) is 0 Å². The summed E-state index contributed by atoms with van der Waals surface area (Å²) in [5.74, 6) is -1.34. The molecule has 0 aliphatic carbocycles. The van der Waals surface area contributed by atoms with Crippen molar-refractivity contribution in [1.82, 2.24) is 15.1 Å². The molecule has 2 atom stereocenters. The topological polar surface area (TPSA) is 47.6 Å². The number of nitrogens with zero attached hydrogens (tertiary/aromatic N) is 2. The minimum atomic E-state index is -0.633. The van der Waals surface area contributed by atoms with E-state index in [1.54, 1.807) is 0 Å². The van der Waals surface area contributed by atoms with Gasteiger partial charge in [-0.2, -0.15) is 0 Å². The van der Waals surface area contributed by atoms with Crippen molar-refractivity contribution in [2.45, 2.75) is 23.2 Å². The van der Waals surface area contributed by atoms with Gasteiger partial charge in [0, 0.05) is 30.6 Å². The molecule has 2 unspecified atom stereocenters. The predicted octanol–water partition coefficient (Wildman–Crippen LogP) is 2.16. The number of fused-ring (bicyclic) bond motifs is 1. The van der Waals surface area contributed by atoms with Gasteiger partial charge >= 0.3 is 0 Å². The van der Waals surface area contributed by atoms with Crippen LogP contribution in [0.5, 0.6) is 0 Å². The van der Waals surface area contributed by atoms with Crippen LogP contribution in [0.4, 0.5) is 14.5 Å². The second-order valence-corrected chi connectivity index (χ2v) is 8.00. The van der Waals surface area contributed by atoms with Crippen LogP contribution in [0.2, 0.25) is 0 Å². The normalized spacial score (nSPS) is 23.4. The third kappa shape index (κ3) is 4.62. The van der Waals surface area contributed by atoms with E-state index in [1.807, 2.05) is 14.1 Å². The molecule has 1 aromatic rings. The molecule has 1 aromatic carbocycles. The summed E-state index contributed by atoms with van der Waals surface area (Å²) in [6, 6.07) is 2.13. The molecule has 2 aliphatic rings. The summed E-state index contributed by atoms with van der Waals surface area (Å²) in [4.78, 5) is 17.5. The summed E-state index contributed by atoms with van der Waals surface area (Å²) < 4.78 is 27.1. The lowest BCUT2D eigenvalue weighted by Crippen LogP contribution is -2.47. The lowest BCUT2D eigenvalue weighted by atomic mass is 9.97. The minimum Gasteiger partial charge on any atom is -0.353 e. The first-order valence-corrected chi connectivity index (χ1v) is 9.40. The smallest absolute Gasteiger partial charge is 0.226 e. The van der Waals surface area contributed by atoms with Crippen molar-refractivity contribution in [3.8, 4) is 0 Å². The van der Waals surface area contributed by atoms with Crippen LogP contribution in [0, 0.1) is 17.6 Å². The maximum Gasteiger partial charge on any atom is 0.226 e. The first-order chi connectivity index (χ1) is 11.9. The molecule has 0 aromatic heterocycles. The van der Waals surface area contributed by atoms with E-state index in [1.165, 1.54) is 17.8 Å². The zero-order chi connectivity index (χ0) is 18.0. The lowest BCUT2D eigenvalue weighted by molar-refractivity contribution is -0.126. The Morgan fingerprint density at radius 1 is 1.44 bits per heavy atom. The van der Waals surface area contributed by atoms with E-state index in [9.17, 15) is 13.6 Å². The third-order valence-electron chi connectivity index (χ3n) is 4.55. The Labute approximate surface area is 151 Å². The Kier molecular flexibility index (Phi) is 5.81. The van der Waals surface area contributed by atoms with Gasteiger partial charge in [0.25, 0.3) is 0 Å². The van der Waals surface area contributed by atoms with Crippen LogP contribution < -0.4 is 10.6 Å². The number of nitrogens with one attached hydrogen (secondary N) is 2. The van der Waals surface area contributed by atoms with Crippen molar-refractivity contribution < 1.29 is 13.6 Å². The number of rotatable bonds is 5. The standard InChI is InChI=1S/C17H24F2N4OS/c1-22(2)6-7-23-5-3-4-11(10-23)16(24)21-17-20-15-13(19)8-12(18)9-14(15)25-17/h8-9,11,17,20H,3-7,10H2,1-2H3,(H,21,24).